The second kappa shape index (κ2) is 7.54. The van der Waals surface area contributed by atoms with Crippen molar-refractivity contribution < 1.29 is 18.7 Å². The third-order valence-electron chi connectivity index (χ3n) is 3.51. The van der Waals surface area contributed by atoms with Gasteiger partial charge in [-0.1, -0.05) is 24.3 Å². The number of rotatable bonds is 5. The van der Waals surface area contributed by atoms with Gasteiger partial charge in [0.2, 0.25) is 0 Å². The lowest BCUT2D eigenvalue weighted by Gasteiger charge is -2.08. The zero-order valence-electron chi connectivity index (χ0n) is 13.1. The molecule has 0 spiro atoms. The minimum absolute atomic E-state index is 0.0483. The molecule has 0 fully saturated rings. The van der Waals surface area contributed by atoms with Crippen LogP contribution in [0.3, 0.4) is 0 Å². The maximum absolute atomic E-state index is 13.4. The van der Waals surface area contributed by atoms with Gasteiger partial charge in [0, 0.05) is 12.1 Å². The molecule has 2 aromatic carbocycles. The zero-order valence-corrected chi connectivity index (χ0v) is 13.1. The van der Waals surface area contributed by atoms with Gasteiger partial charge in [0.1, 0.15) is 5.82 Å². The van der Waals surface area contributed by atoms with Crippen molar-refractivity contribution in [1.29, 1.82) is 0 Å². The average Bonchev–Trinajstić information content (AvgIpc) is 2.54. The number of aryl methyl sites for hydroxylation is 2. The molecule has 5 heteroatoms. The summed E-state index contributed by atoms with van der Waals surface area (Å²) in [6.07, 6.45) is 0. The van der Waals surface area contributed by atoms with Crippen molar-refractivity contribution in [3.63, 3.8) is 0 Å². The van der Waals surface area contributed by atoms with Crippen molar-refractivity contribution in [1.82, 2.24) is 5.32 Å². The minimum atomic E-state index is -0.561. The number of nitrogens with one attached hydrogen (secondary N) is 1. The van der Waals surface area contributed by atoms with Gasteiger partial charge in [0.15, 0.2) is 6.61 Å². The van der Waals surface area contributed by atoms with E-state index in [1.165, 1.54) is 6.07 Å². The van der Waals surface area contributed by atoms with Gasteiger partial charge in [0.25, 0.3) is 5.91 Å². The van der Waals surface area contributed by atoms with Crippen LogP contribution in [0.15, 0.2) is 42.5 Å². The largest absolute Gasteiger partial charge is 0.452 e. The molecule has 0 saturated carbocycles. The lowest BCUT2D eigenvalue weighted by Crippen LogP contribution is -2.28. The Balaban J connectivity index is 1.83. The fraction of sp³-hybridized carbons (Fsp3) is 0.222. The summed E-state index contributed by atoms with van der Waals surface area (Å²) in [4.78, 5) is 23.6. The third kappa shape index (κ3) is 4.64. The SMILES string of the molecule is Cc1ccc(C(=O)OCC(=O)NCc2ccccc2F)cc1C. The van der Waals surface area contributed by atoms with Crippen molar-refractivity contribution in [3.8, 4) is 0 Å². The van der Waals surface area contributed by atoms with Gasteiger partial charge >= 0.3 is 5.97 Å². The van der Waals surface area contributed by atoms with Crippen LogP contribution in [0.2, 0.25) is 0 Å². The highest BCUT2D eigenvalue weighted by molar-refractivity contribution is 5.91. The van der Waals surface area contributed by atoms with E-state index in [0.717, 1.165) is 11.1 Å². The van der Waals surface area contributed by atoms with Crippen molar-refractivity contribution in [3.05, 3.63) is 70.5 Å². The quantitative estimate of drug-likeness (QED) is 0.863. The Morgan fingerprint density at radius 2 is 1.83 bits per heavy atom. The topological polar surface area (TPSA) is 55.4 Å². The molecule has 1 amide bonds. The van der Waals surface area contributed by atoms with E-state index in [9.17, 15) is 14.0 Å². The zero-order chi connectivity index (χ0) is 16.8. The Bertz CT molecular complexity index is 728. The lowest BCUT2D eigenvalue weighted by atomic mass is 10.1. The van der Waals surface area contributed by atoms with Gasteiger partial charge in [-0.15, -0.1) is 0 Å². The molecular weight excluding hydrogens is 297 g/mol. The van der Waals surface area contributed by atoms with Crippen molar-refractivity contribution >= 4 is 11.9 Å². The first-order valence-corrected chi connectivity index (χ1v) is 7.22. The fourth-order valence-corrected chi connectivity index (χ4v) is 1.97. The summed E-state index contributed by atoms with van der Waals surface area (Å²) in [7, 11) is 0. The second-order valence-corrected chi connectivity index (χ2v) is 5.24. The van der Waals surface area contributed by atoms with Gasteiger partial charge in [-0.3, -0.25) is 4.79 Å². The van der Waals surface area contributed by atoms with E-state index in [0.29, 0.717) is 11.1 Å². The van der Waals surface area contributed by atoms with Crippen LogP contribution in [0.5, 0.6) is 0 Å². The third-order valence-corrected chi connectivity index (χ3v) is 3.51. The molecule has 23 heavy (non-hydrogen) atoms. The smallest absolute Gasteiger partial charge is 0.338 e. The first kappa shape index (κ1) is 16.7. The van der Waals surface area contributed by atoms with E-state index >= 15 is 0 Å². The molecule has 2 rings (SSSR count). The predicted molar refractivity (Wildman–Crippen MR) is 84.4 cm³/mol. The number of halogens is 1. The van der Waals surface area contributed by atoms with Gasteiger partial charge in [-0.25, -0.2) is 9.18 Å². The maximum atomic E-state index is 13.4. The summed E-state index contributed by atoms with van der Waals surface area (Å²) in [5.74, 6) is -1.43. The Hall–Kier alpha value is -2.69. The van der Waals surface area contributed by atoms with Gasteiger partial charge < -0.3 is 10.1 Å². The first-order valence-electron chi connectivity index (χ1n) is 7.22. The van der Waals surface area contributed by atoms with E-state index < -0.39 is 18.5 Å². The molecule has 0 saturated heterocycles. The summed E-state index contributed by atoms with van der Waals surface area (Å²) in [6.45, 7) is 3.49. The van der Waals surface area contributed by atoms with Crippen LogP contribution in [0.1, 0.15) is 27.0 Å². The highest BCUT2D eigenvalue weighted by atomic mass is 19.1. The summed E-state index contributed by atoms with van der Waals surface area (Å²) >= 11 is 0. The van der Waals surface area contributed by atoms with Crippen molar-refractivity contribution in [2.45, 2.75) is 20.4 Å². The summed E-state index contributed by atoms with van der Waals surface area (Å²) < 4.78 is 18.4. The minimum Gasteiger partial charge on any atom is -0.452 e. The molecule has 2 aromatic rings. The Morgan fingerprint density at radius 3 is 2.52 bits per heavy atom. The molecule has 0 aliphatic heterocycles. The molecule has 1 N–H and O–H groups in total. The molecule has 0 heterocycles. The Kier molecular flexibility index (Phi) is 5.46. The van der Waals surface area contributed by atoms with Gasteiger partial charge in [0.05, 0.1) is 5.56 Å². The van der Waals surface area contributed by atoms with Crippen LogP contribution in [0, 0.1) is 19.7 Å². The van der Waals surface area contributed by atoms with E-state index in [1.807, 2.05) is 19.9 Å². The summed E-state index contributed by atoms with van der Waals surface area (Å²) in [5.41, 5.74) is 2.82. The van der Waals surface area contributed by atoms with Crippen LogP contribution >= 0.6 is 0 Å². The number of carbonyl (C=O) groups excluding carboxylic acids is 2. The van der Waals surface area contributed by atoms with Crippen molar-refractivity contribution in [2.75, 3.05) is 6.61 Å². The molecule has 0 aliphatic carbocycles. The number of ether oxygens (including phenoxy) is 1. The van der Waals surface area contributed by atoms with Crippen LogP contribution in [0.25, 0.3) is 0 Å². The molecular formula is C18H18FNO3. The lowest BCUT2D eigenvalue weighted by molar-refractivity contribution is -0.124. The number of amides is 1. The van der Waals surface area contributed by atoms with Crippen LogP contribution in [-0.2, 0) is 16.1 Å². The fourth-order valence-electron chi connectivity index (χ4n) is 1.97. The maximum Gasteiger partial charge on any atom is 0.338 e. The monoisotopic (exact) mass is 315 g/mol. The van der Waals surface area contributed by atoms with E-state index in [-0.39, 0.29) is 12.4 Å². The van der Waals surface area contributed by atoms with Crippen LogP contribution in [0.4, 0.5) is 4.39 Å². The van der Waals surface area contributed by atoms with Crippen molar-refractivity contribution in [2.24, 2.45) is 0 Å². The highest BCUT2D eigenvalue weighted by Gasteiger charge is 2.11. The number of esters is 1. The molecule has 4 nitrogen and oxygen atoms in total. The summed E-state index contributed by atoms with van der Waals surface area (Å²) in [5, 5.41) is 2.51. The molecule has 0 unspecified atom stereocenters. The Labute approximate surface area is 134 Å². The molecule has 0 aliphatic rings. The number of hydrogen-bond acceptors (Lipinski definition) is 3. The standard InChI is InChI=1S/C18H18FNO3/c1-12-7-8-14(9-13(12)2)18(22)23-11-17(21)20-10-15-5-3-4-6-16(15)19/h3-9H,10-11H2,1-2H3,(H,20,21). The van der Waals surface area contributed by atoms with Gasteiger partial charge in [-0.2, -0.15) is 0 Å². The molecule has 0 aromatic heterocycles. The molecule has 120 valence electrons. The van der Waals surface area contributed by atoms with Crippen LogP contribution < -0.4 is 5.32 Å². The first-order chi connectivity index (χ1) is 11.0. The van der Waals surface area contributed by atoms with Gasteiger partial charge in [-0.05, 0) is 43.2 Å². The number of carbonyl (C=O) groups is 2. The number of benzene rings is 2. The highest BCUT2D eigenvalue weighted by Crippen LogP contribution is 2.11. The average molecular weight is 315 g/mol. The van der Waals surface area contributed by atoms with E-state index in [1.54, 1.807) is 30.3 Å². The van der Waals surface area contributed by atoms with E-state index in [4.69, 9.17) is 4.74 Å². The molecule has 0 radical (unpaired) electrons. The Morgan fingerprint density at radius 1 is 1.09 bits per heavy atom. The number of hydrogen-bond donors (Lipinski definition) is 1. The molecule has 0 bridgehead atoms. The molecule has 0 atom stereocenters. The second-order valence-electron chi connectivity index (χ2n) is 5.24. The predicted octanol–water partition coefficient (Wildman–Crippen LogP) is 2.92. The summed E-state index contributed by atoms with van der Waals surface area (Å²) in [6, 6.07) is 11.4. The van der Waals surface area contributed by atoms with E-state index in [2.05, 4.69) is 5.32 Å². The van der Waals surface area contributed by atoms with Crippen LogP contribution in [-0.4, -0.2) is 18.5 Å². The normalized spacial score (nSPS) is 10.2.